The molecule has 204 valence electrons. The molecule has 2 fully saturated rings. The molecule has 2 saturated heterocycles. The molecule has 1 amide bonds. The van der Waals surface area contributed by atoms with Crippen LogP contribution in [0.5, 0.6) is 0 Å². The van der Waals surface area contributed by atoms with Crippen LogP contribution in [0.3, 0.4) is 0 Å². The van der Waals surface area contributed by atoms with Crippen molar-refractivity contribution in [3.05, 3.63) is 94.9 Å². The molecule has 4 heterocycles. The molecule has 6 rings (SSSR count). The van der Waals surface area contributed by atoms with Crippen molar-refractivity contribution in [3.8, 4) is 0 Å². The van der Waals surface area contributed by atoms with Crippen molar-refractivity contribution >= 4 is 16.8 Å². The largest absolute Gasteiger partial charge is 0.353 e. The summed E-state index contributed by atoms with van der Waals surface area (Å²) >= 11 is 0. The van der Waals surface area contributed by atoms with Crippen LogP contribution >= 0.6 is 0 Å². The van der Waals surface area contributed by atoms with E-state index in [1.54, 1.807) is 5.56 Å². The number of carbonyl (C=O) groups is 1. The lowest BCUT2D eigenvalue weighted by Crippen LogP contribution is -2.49. The number of aromatic nitrogens is 2. The number of piperazine rings is 1. The third-order valence-corrected chi connectivity index (χ3v) is 8.95. The van der Waals surface area contributed by atoms with Gasteiger partial charge in [-0.3, -0.25) is 14.6 Å². The molecule has 0 atom stereocenters. The van der Waals surface area contributed by atoms with Gasteiger partial charge in [-0.25, -0.2) is 0 Å². The molecule has 1 N–H and O–H groups in total. The zero-order valence-corrected chi connectivity index (χ0v) is 23.4. The van der Waals surface area contributed by atoms with Crippen LogP contribution in [0.1, 0.15) is 51.5 Å². The Morgan fingerprint density at radius 1 is 0.795 bits per heavy atom. The van der Waals surface area contributed by atoms with E-state index in [1.807, 2.05) is 4.90 Å². The SMILES string of the molecule is Cc1cccc(C)c1C1CCN(Cc2c(C(=O)N3CCN(CCn4cccc4)CC3)[nH]c3ccccc23)CC1. The lowest BCUT2D eigenvalue weighted by atomic mass is 9.84. The number of aromatic amines is 1. The van der Waals surface area contributed by atoms with Gasteiger partial charge in [0, 0.05) is 74.7 Å². The maximum atomic E-state index is 13.8. The van der Waals surface area contributed by atoms with Gasteiger partial charge in [-0.1, -0.05) is 36.4 Å². The van der Waals surface area contributed by atoms with Gasteiger partial charge in [-0.15, -0.1) is 0 Å². The van der Waals surface area contributed by atoms with Crippen LogP contribution in [0, 0.1) is 13.8 Å². The van der Waals surface area contributed by atoms with Gasteiger partial charge in [-0.05, 0) is 80.6 Å². The van der Waals surface area contributed by atoms with Gasteiger partial charge in [0.05, 0.1) is 0 Å². The molecule has 2 aromatic heterocycles. The van der Waals surface area contributed by atoms with Crippen LogP contribution in [0.15, 0.2) is 67.0 Å². The average Bonchev–Trinajstić information content (AvgIpc) is 3.61. The molecule has 0 unspecified atom stereocenters. The minimum Gasteiger partial charge on any atom is -0.353 e. The summed E-state index contributed by atoms with van der Waals surface area (Å²) in [5, 5.41) is 1.18. The van der Waals surface area contributed by atoms with Gasteiger partial charge in [-0.2, -0.15) is 0 Å². The van der Waals surface area contributed by atoms with E-state index in [9.17, 15) is 4.79 Å². The Balaban J connectivity index is 1.12. The number of hydrogen-bond acceptors (Lipinski definition) is 3. The number of aryl methyl sites for hydroxylation is 2. The van der Waals surface area contributed by atoms with Crippen molar-refractivity contribution in [1.29, 1.82) is 0 Å². The number of para-hydroxylation sites is 1. The lowest BCUT2D eigenvalue weighted by molar-refractivity contribution is 0.0626. The summed E-state index contributed by atoms with van der Waals surface area (Å²) in [6, 6.07) is 19.2. The molecule has 0 radical (unpaired) electrons. The summed E-state index contributed by atoms with van der Waals surface area (Å²) in [5.74, 6) is 0.775. The molecule has 0 spiro atoms. The quantitative estimate of drug-likeness (QED) is 0.352. The van der Waals surface area contributed by atoms with Gasteiger partial charge < -0.3 is 14.5 Å². The number of amides is 1. The van der Waals surface area contributed by atoms with E-state index >= 15 is 0 Å². The second-order valence-electron chi connectivity index (χ2n) is 11.4. The molecule has 39 heavy (non-hydrogen) atoms. The van der Waals surface area contributed by atoms with E-state index in [2.05, 4.69) is 100 Å². The predicted molar refractivity (Wildman–Crippen MR) is 158 cm³/mol. The minimum absolute atomic E-state index is 0.150. The van der Waals surface area contributed by atoms with Crippen molar-refractivity contribution in [1.82, 2.24) is 24.3 Å². The van der Waals surface area contributed by atoms with Crippen molar-refractivity contribution < 1.29 is 4.79 Å². The Labute approximate surface area is 232 Å². The summed E-state index contributed by atoms with van der Waals surface area (Å²) in [5.41, 5.74) is 7.40. The highest BCUT2D eigenvalue weighted by Crippen LogP contribution is 2.34. The minimum atomic E-state index is 0.150. The molecule has 0 saturated carbocycles. The van der Waals surface area contributed by atoms with E-state index < -0.39 is 0 Å². The zero-order chi connectivity index (χ0) is 26.8. The Hall–Kier alpha value is -3.35. The van der Waals surface area contributed by atoms with Gasteiger partial charge >= 0.3 is 0 Å². The Morgan fingerprint density at radius 2 is 1.49 bits per heavy atom. The highest BCUT2D eigenvalue weighted by molar-refractivity contribution is 6.01. The number of fused-ring (bicyclic) bond motifs is 1. The number of hydrogen-bond donors (Lipinski definition) is 1. The van der Waals surface area contributed by atoms with Crippen LogP contribution in [0.4, 0.5) is 0 Å². The first-order chi connectivity index (χ1) is 19.1. The fraction of sp³-hybridized carbons (Fsp3) is 0.424. The zero-order valence-electron chi connectivity index (χ0n) is 23.4. The predicted octanol–water partition coefficient (Wildman–Crippen LogP) is 5.42. The number of piperidine rings is 1. The van der Waals surface area contributed by atoms with E-state index in [4.69, 9.17) is 0 Å². The summed E-state index contributed by atoms with van der Waals surface area (Å²) < 4.78 is 2.22. The smallest absolute Gasteiger partial charge is 0.270 e. The van der Waals surface area contributed by atoms with Crippen molar-refractivity contribution in [2.24, 2.45) is 0 Å². The highest BCUT2D eigenvalue weighted by atomic mass is 16.2. The average molecular weight is 524 g/mol. The van der Waals surface area contributed by atoms with Crippen LogP contribution in [0.2, 0.25) is 0 Å². The molecule has 6 heteroatoms. The van der Waals surface area contributed by atoms with Gasteiger partial charge in [0.2, 0.25) is 0 Å². The maximum Gasteiger partial charge on any atom is 0.270 e. The van der Waals surface area contributed by atoms with Gasteiger partial charge in [0.15, 0.2) is 0 Å². The standard InChI is InChI=1S/C33H41N5O/c1-25-8-7-9-26(2)31(25)27-12-16-37(17-13-27)24-29-28-10-3-4-11-30(28)34-32(29)33(39)38-22-20-36(21-23-38)19-18-35-14-5-6-15-35/h3-11,14-15,27,34H,12-13,16-24H2,1-2H3. The number of likely N-dealkylation sites (tertiary alicyclic amines) is 1. The third-order valence-electron chi connectivity index (χ3n) is 8.95. The number of H-pyrrole nitrogens is 1. The second kappa shape index (κ2) is 11.4. The second-order valence-corrected chi connectivity index (χ2v) is 11.4. The van der Waals surface area contributed by atoms with Crippen LogP contribution < -0.4 is 0 Å². The number of nitrogens with one attached hydrogen (secondary N) is 1. The Kier molecular flexibility index (Phi) is 7.58. The molecule has 2 aromatic carbocycles. The van der Waals surface area contributed by atoms with E-state index in [0.29, 0.717) is 5.92 Å². The number of carbonyl (C=O) groups excluding carboxylic acids is 1. The first-order valence-electron chi connectivity index (χ1n) is 14.6. The monoisotopic (exact) mass is 523 g/mol. The van der Waals surface area contributed by atoms with Gasteiger partial charge in [0.1, 0.15) is 5.69 Å². The third kappa shape index (κ3) is 5.54. The summed E-state index contributed by atoms with van der Waals surface area (Å²) in [6.07, 6.45) is 6.57. The fourth-order valence-electron chi connectivity index (χ4n) is 6.73. The molecule has 2 aliphatic heterocycles. The lowest BCUT2D eigenvalue weighted by Gasteiger charge is -2.35. The number of benzene rings is 2. The van der Waals surface area contributed by atoms with Crippen molar-refractivity contribution in [3.63, 3.8) is 0 Å². The van der Waals surface area contributed by atoms with Gasteiger partial charge in [0.25, 0.3) is 5.91 Å². The van der Waals surface area contributed by atoms with E-state index in [0.717, 1.165) is 75.7 Å². The molecule has 2 aliphatic rings. The van der Waals surface area contributed by atoms with Crippen molar-refractivity contribution in [2.45, 2.75) is 45.7 Å². The van der Waals surface area contributed by atoms with Crippen LogP contribution in [-0.4, -0.2) is 76.0 Å². The summed E-state index contributed by atoms with van der Waals surface area (Å²) in [7, 11) is 0. The number of rotatable bonds is 7. The highest BCUT2D eigenvalue weighted by Gasteiger charge is 2.29. The Morgan fingerprint density at radius 3 is 2.21 bits per heavy atom. The van der Waals surface area contributed by atoms with Crippen LogP contribution in [-0.2, 0) is 13.1 Å². The summed E-state index contributed by atoms with van der Waals surface area (Å²) in [6.45, 7) is 12.9. The normalized spacial score (nSPS) is 17.7. The van der Waals surface area contributed by atoms with Crippen molar-refractivity contribution in [2.75, 3.05) is 45.8 Å². The molecule has 0 bridgehead atoms. The molecule has 6 nitrogen and oxygen atoms in total. The molecular weight excluding hydrogens is 482 g/mol. The maximum absolute atomic E-state index is 13.8. The molecule has 0 aliphatic carbocycles. The fourth-order valence-corrected chi connectivity index (χ4v) is 6.73. The van der Waals surface area contributed by atoms with Crippen LogP contribution in [0.25, 0.3) is 10.9 Å². The first-order valence-corrected chi connectivity index (χ1v) is 14.6. The summed E-state index contributed by atoms with van der Waals surface area (Å²) in [4.78, 5) is 24.4. The Bertz CT molecular complexity index is 1390. The first kappa shape index (κ1) is 25.9. The topological polar surface area (TPSA) is 47.5 Å². The molecule has 4 aromatic rings. The molecular formula is C33H41N5O. The number of nitrogens with zero attached hydrogens (tertiary/aromatic N) is 4. The van der Waals surface area contributed by atoms with E-state index in [-0.39, 0.29) is 5.91 Å². The van der Waals surface area contributed by atoms with E-state index in [1.165, 1.54) is 29.4 Å².